The minimum absolute atomic E-state index is 0. The van der Waals surface area contributed by atoms with Gasteiger partial charge in [-0.1, -0.05) is 54.6 Å². The standard InChI is InChI=1S/C21H23NO2.ClH/c1-16(23)18-7-9-19(10-8-18)21-12-11-20(24-21)15-22-14-13-17-5-3-2-4-6-17;/h2-12,16,22-23H,13-15H2,1H3;1H/p-1. The van der Waals surface area contributed by atoms with Crippen LogP contribution in [-0.2, 0) is 13.0 Å². The van der Waals surface area contributed by atoms with E-state index >= 15 is 0 Å². The lowest BCUT2D eigenvalue weighted by molar-refractivity contribution is -0.00000735. The molecule has 3 nitrogen and oxygen atoms in total. The highest BCUT2D eigenvalue weighted by Gasteiger charge is 2.06. The first-order chi connectivity index (χ1) is 11.7. The summed E-state index contributed by atoms with van der Waals surface area (Å²) in [6, 6.07) is 22.3. The van der Waals surface area contributed by atoms with E-state index in [0.29, 0.717) is 0 Å². The van der Waals surface area contributed by atoms with Crippen molar-refractivity contribution in [1.82, 2.24) is 5.32 Å². The molecule has 0 bridgehead atoms. The number of halogens is 1. The summed E-state index contributed by atoms with van der Waals surface area (Å²) in [7, 11) is 0. The number of hydrogen-bond donors (Lipinski definition) is 2. The van der Waals surface area contributed by atoms with Gasteiger partial charge in [0, 0.05) is 5.56 Å². The molecule has 4 heteroatoms. The second kappa shape index (κ2) is 9.42. The third-order valence-electron chi connectivity index (χ3n) is 4.07. The number of nitrogens with one attached hydrogen (secondary N) is 1. The zero-order valence-corrected chi connectivity index (χ0v) is 15.0. The molecular weight excluding hydrogens is 334 g/mol. The van der Waals surface area contributed by atoms with Crippen LogP contribution in [0.5, 0.6) is 0 Å². The van der Waals surface area contributed by atoms with Crippen LogP contribution in [0.15, 0.2) is 71.1 Å². The van der Waals surface area contributed by atoms with Crippen LogP contribution in [0.25, 0.3) is 11.3 Å². The average molecular weight is 357 g/mol. The lowest BCUT2D eigenvalue weighted by Crippen LogP contribution is -3.00. The van der Waals surface area contributed by atoms with E-state index in [-0.39, 0.29) is 12.4 Å². The van der Waals surface area contributed by atoms with Crippen LogP contribution in [0.3, 0.4) is 0 Å². The van der Waals surface area contributed by atoms with Crippen molar-refractivity contribution in [1.29, 1.82) is 0 Å². The van der Waals surface area contributed by atoms with Gasteiger partial charge in [0.2, 0.25) is 0 Å². The molecule has 0 saturated heterocycles. The summed E-state index contributed by atoms with van der Waals surface area (Å²) in [6.07, 6.45) is 0.565. The molecule has 1 heterocycles. The molecule has 132 valence electrons. The zero-order chi connectivity index (χ0) is 16.8. The number of benzene rings is 2. The summed E-state index contributed by atoms with van der Waals surface area (Å²) >= 11 is 0. The van der Waals surface area contributed by atoms with Gasteiger partial charge in [0.05, 0.1) is 12.6 Å². The molecule has 25 heavy (non-hydrogen) atoms. The van der Waals surface area contributed by atoms with Crippen molar-refractivity contribution in [2.75, 3.05) is 6.54 Å². The molecule has 0 saturated carbocycles. The Labute approximate surface area is 155 Å². The van der Waals surface area contributed by atoms with Crippen molar-refractivity contribution in [2.24, 2.45) is 0 Å². The van der Waals surface area contributed by atoms with E-state index in [1.54, 1.807) is 6.92 Å². The molecule has 0 radical (unpaired) electrons. The highest BCUT2D eigenvalue weighted by Crippen LogP contribution is 2.24. The van der Waals surface area contributed by atoms with E-state index in [1.807, 2.05) is 42.5 Å². The van der Waals surface area contributed by atoms with E-state index in [2.05, 4.69) is 29.6 Å². The first kappa shape index (κ1) is 19.3. The van der Waals surface area contributed by atoms with E-state index in [9.17, 15) is 5.11 Å². The predicted octanol–water partition coefficient (Wildman–Crippen LogP) is 1.34. The van der Waals surface area contributed by atoms with Crippen molar-refractivity contribution in [3.8, 4) is 11.3 Å². The van der Waals surface area contributed by atoms with Gasteiger partial charge in [0.1, 0.15) is 11.5 Å². The molecule has 0 aliphatic heterocycles. The Balaban J connectivity index is 0.00000225. The number of aliphatic hydroxyl groups excluding tert-OH is 1. The molecule has 0 aliphatic rings. The van der Waals surface area contributed by atoms with Crippen LogP contribution < -0.4 is 17.7 Å². The number of rotatable bonds is 7. The Morgan fingerprint density at radius 2 is 1.68 bits per heavy atom. The predicted molar refractivity (Wildman–Crippen MR) is 96.6 cm³/mol. The Morgan fingerprint density at radius 1 is 0.960 bits per heavy atom. The van der Waals surface area contributed by atoms with Gasteiger partial charge < -0.3 is 27.2 Å². The third kappa shape index (κ3) is 5.46. The molecular formula is C21H23ClNO2-. The molecule has 2 aromatic carbocycles. The first-order valence-corrected chi connectivity index (χ1v) is 8.34. The summed E-state index contributed by atoms with van der Waals surface area (Å²) in [6.45, 7) is 3.41. The largest absolute Gasteiger partial charge is 1.00 e. The third-order valence-corrected chi connectivity index (χ3v) is 4.07. The lowest BCUT2D eigenvalue weighted by Gasteiger charge is -2.05. The average Bonchev–Trinajstić information content (AvgIpc) is 3.09. The van der Waals surface area contributed by atoms with Crippen LogP contribution >= 0.6 is 0 Å². The van der Waals surface area contributed by atoms with Gasteiger partial charge in [-0.05, 0) is 43.1 Å². The minimum atomic E-state index is -0.444. The Kier molecular flexibility index (Phi) is 7.26. The van der Waals surface area contributed by atoms with Crippen LogP contribution in [0.4, 0.5) is 0 Å². The van der Waals surface area contributed by atoms with Crippen molar-refractivity contribution in [3.05, 3.63) is 83.6 Å². The number of aliphatic hydroxyl groups is 1. The fourth-order valence-corrected chi connectivity index (χ4v) is 2.64. The first-order valence-electron chi connectivity index (χ1n) is 8.34. The molecule has 0 aliphatic carbocycles. The molecule has 3 aromatic rings. The number of hydrogen-bond acceptors (Lipinski definition) is 3. The maximum absolute atomic E-state index is 9.56. The Bertz CT molecular complexity index is 751. The van der Waals surface area contributed by atoms with Crippen LogP contribution in [0, 0.1) is 0 Å². The summed E-state index contributed by atoms with van der Waals surface area (Å²) in [5, 5.41) is 13.0. The van der Waals surface area contributed by atoms with Crippen molar-refractivity contribution in [2.45, 2.75) is 26.0 Å². The topological polar surface area (TPSA) is 45.4 Å². The molecule has 1 atom stereocenters. The smallest absolute Gasteiger partial charge is 0.134 e. The van der Waals surface area contributed by atoms with E-state index in [1.165, 1.54) is 5.56 Å². The maximum atomic E-state index is 9.56. The molecule has 2 N–H and O–H groups in total. The fraction of sp³-hybridized carbons (Fsp3) is 0.238. The highest BCUT2D eigenvalue weighted by molar-refractivity contribution is 5.58. The SMILES string of the molecule is CC(O)c1ccc(-c2ccc(CNCCc3ccccc3)o2)cc1.[Cl-]. The van der Waals surface area contributed by atoms with Gasteiger partial charge in [-0.2, -0.15) is 0 Å². The molecule has 1 aromatic heterocycles. The van der Waals surface area contributed by atoms with Gasteiger partial charge in [-0.15, -0.1) is 0 Å². The summed E-state index contributed by atoms with van der Waals surface area (Å²) in [5.41, 5.74) is 3.27. The maximum Gasteiger partial charge on any atom is 0.134 e. The Hall–Kier alpha value is -2.07. The van der Waals surface area contributed by atoms with Gasteiger partial charge in [-0.25, -0.2) is 0 Å². The molecule has 0 fully saturated rings. The quantitative estimate of drug-likeness (QED) is 0.628. The monoisotopic (exact) mass is 356 g/mol. The normalized spacial score (nSPS) is 11.8. The molecule has 1 unspecified atom stereocenters. The van der Waals surface area contributed by atoms with Crippen molar-refractivity contribution < 1.29 is 21.9 Å². The van der Waals surface area contributed by atoms with E-state index < -0.39 is 6.10 Å². The van der Waals surface area contributed by atoms with Crippen molar-refractivity contribution >= 4 is 0 Å². The van der Waals surface area contributed by atoms with Crippen LogP contribution in [0.2, 0.25) is 0 Å². The summed E-state index contributed by atoms with van der Waals surface area (Å²) in [5.74, 6) is 1.78. The second-order valence-electron chi connectivity index (χ2n) is 5.98. The molecule has 3 rings (SSSR count). The molecule has 0 spiro atoms. The Morgan fingerprint density at radius 3 is 2.36 bits per heavy atom. The van der Waals surface area contributed by atoms with Gasteiger partial charge in [0.15, 0.2) is 0 Å². The van der Waals surface area contributed by atoms with Gasteiger partial charge >= 0.3 is 0 Å². The zero-order valence-electron chi connectivity index (χ0n) is 14.3. The van der Waals surface area contributed by atoms with Crippen LogP contribution in [0.1, 0.15) is 29.9 Å². The van der Waals surface area contributed by atoms with Gasteiger partial charge in [-0.3, -0.25) is 0 Å². The fourth-order valence-electron chi connectivity index (χ4n) is 2.64. The van der Waals surface area contributed by atoms with Crippen molar-refractivity contribution in [3.63, 3.8) is 0 Å². The summed E-state index contributed by atoms with van der Waals surface area (Å²) in [4.78, 5) is 0. The lowest BCUT2D eigenvalue weighted by atomic mass is 10.1. The molecule has 0 amide bonds. The number of furan rings is 1. The van der Waals surface area contributed by atoms with E-state index in [4.69, 9.17) is 4.42 Å². The van der Waals surface area contributed by atoms with Gasteiger partial charge in [0.25, 0.3) is 0 Å². The van der Waals surface area contributed by atoms with Crippen LogP contribution in [-0.4, -0.2) is 11.7 Å². The highest BCUT2D eigenvalue weighted by atomic mass is 35.5. The summed E-state index contributed by atoms with van der Waals surface area (Å²) < 4.78 is 5.90. The minimum Gasteiger partial charge on any atom is -1.00 e. The second-order valence-corrected chi connectivity index (χ2v) is 5.98. The van der Waals surface area contributed by atoms with E-state index in [0.717, 1.165) is 42.2 Å².